The number of para-hydroxylation sites is 1. The van der Waals surface area contributed by atoms with E-state index in [9.17, 15) is 14.4 Å². The second kappa shape index (κ2) is 8.53. The van der Waals surface area contributed by atoms with Crippen molar-refractivity contribution in [2.75, 3.05) is 12.4 Å². The third kappa shape index (κ3) is 3.82. The van der Waals surface area contributed by atoms with Gasteiger partial charge in [0.1, 0.15) is 11.7 Å². The number of nitrogens with one attached hydrogen (secondary N) is 1. The molecule has 0 spiro atoms. The molecule has 2 aromatic carbocycles. The van der Waals surface area contributed by atoms with Crippen LogP contribution in [0.1, 0.15) is 49.1 Å². The van der Waals surface area contributed by atoms with Gasteiger partial charge in [-0.05, 0) is 38.0 Å². The number of carbonyl (C=O) groups excluding carboxylic acids is 3. The van der Waals surface area contributed by atoms with Gasteiger partial charge in [0.25, 0.3) is 0 Å². The fourth-order valence-electron chi connectivity index (χ4n) is 5.08. The summed E-state index contributed by atoms with van der Waals surface area (Å²) in [6.07, 6.45) is 3.84. The maximum Gasteiger partial charge on any atom is 0.324 e. The molecule has 4 rings (SSSR count). The molecule has 2 atom stereocenters. The standard InChI is InChI=1S/C25H27NO5/c1-16-10-12-17(13-11-16)26-22(27)20-21(18-8-4-5-9-19(18)31-23(20)28)25(24(29)30-2)14-6-3-7-15-25/h4-5,8-13,20-21H,3,6-7,14-15H2,1-2H3,(H,26,27)/t20-,21+/m1/s1. The molecule has 0 aromatic heterocycles. The van der Waals surface area contributed by atoms with Gasteiger partial charge in [0, 0.05) is 17.2 Å². The summed E-state index contributed by atoms with van der Waals surface area (Å²) in [5.74, 6) is -2.86. The van der Waals surface area contributed by atoms with Gasteiger partial charge < -0.3 is 14.8 Å². The fourth-order valence-corrected chi connectivity index (χ4v) is 5.08. The summed E-state index contributed by atoms with van der Waals surface area (Å²) in [6, 6.07) is 14.5. The molecule has 6 nitrogen and oxygen atoms in total. The fraction of sp³-hybridized carbons (Fsp3) is 0.400. The Labute approximate surface area is 181 Å². The number of anilines is 1. The number of fused-ring (bicyclic) bond motifs is 1. The van der Waals surface area contributed by atoms with Crippen molar-refractivity contribution in [2.24, 2.45) is 11.3 Å². The second-order valence-corrected chi connectivity index (χ2v) is 8.48. The Morgan fingerprint density at radius 3 is 2.39 bits per heavy atom. The number of rotatable bonds is 4. The van der Waals surface area contributed by atoms with Gasteiger partial charge in [0.2, 0.25) is 5.91 Å². The van der Waals surface area contributed by atoms with Crippen LogP contribution in [0, 0.1) is 18.3 Å². The van der Waals surface area contributed by atoms with E-state index in [1.165, 1.54) is 7.11 Å². The summed E-state index contributed by atoms with van der Waals surface area (Å²) < 4.78 is 10.8. The Balaban J connectivity index is 1.80. The third-order valence-electron chi connectivity index (χ3n) is 6.59. The van der Waals surface area contributed by atoms with Gasteiger partial charge in [0.05, 0.1) is 12.5 Å². The number of hydrogen-bond acceptors (Lipinski definition) is 5. The molecule has 1 amide bonds. The van der Waals surface area contributed by atoms with Crippen molar-refractivity contribution in [3.63, 3.8) is 0 Å². The summed E-state index contributed by atoms with van der Waals surface area (Å²) in [7, 11) is 1.37. The molecule has 0 bridgehead atoms. The summed E-state index contributed by atoms with van der Waals surface area (Å²) in [5.41, 5.74) is 1.42. The van der Waals surface area contributed by atoms with Crippen LogP contribution in [0.5, 0.6) is 5.75 Å². The zero-order valence-corrected chi connectivity index (χ0v) is 17.9. The number of aryl methyl sites for hydroxylation is 1. The maximum atomic E-state index is 13.4. The van der Waals surface area contributed by atoms with E-state index in [0.29, 0.717) is 29.8 Å². The van der Waals surface area contributed by atoms with Gasteiger partial charge in [-0.25, -0.2) is 0 Å². The highest BCUT2D eigenvalue weighted by Crippen LogP contribution is 2.55. The van der Waals surface area contributed by atoms with Gasteiger partial charge in [-0.15, -0.1) is 0 Å². The van der Waals surface area contributed by atoms with Crippen LogP contribution in [-0.4, -0.2) is 25.0 Å². The van der Waals surface area contributed by atoms with Crippen molar-refractivity contribution >= 4 is 23.5 Å². The second-order valence-electron chi connectivity index (χ2n) is 8.48. The van der Waals surface area contributed by atoms with Gasteiger partial charge in [0.15, 0.2) is 0 Å². The van der Waals surface area contributed by atoms with Crippen LogP contribution in [0.4, 0.5) is 5.69 Å². The quantitative estimate of drug-likeness (QED) is 0.450. The zero-order valence-electron chi connectivity index (χ0n) is 17.9. The normalized spacial score (nSPS) is 22.1. The van der Waals surface area contributed by atoms with Crippen molar-refractivity contribution in [1.29, 1.82) is 0 Å². The Morgan fingerprint density at radius 1 is 1.03 bits per heavy atom. The highest BCUT2D eigenvalue weighted by molar-refractivity contribution is 6.07. The first-order chi connectivity index (χ1) is 15.0. The average Bonchev–Trinajstić information content (AvgIpc) is 2.79. The number of benzene rings is 2. The van der Waals surface area contributed by atoms with E-state index in [2.05, 4.69) is 5.32 Å². The molecule has 2 aliphatic rings. The van der Waals surface area contributed by atoms with Crippen molar-refractivity contribution in [3.05, 3.63) is 59.7 Å². The number of hydrogen-bond donors (Lipinski definition) is 1. The number of methoxy groups -OCH3 is 1. The predicted molar refractivity (Wildman–Crippen MR) is 116 cm³/mol. The minimum absolute atomic E-state index is 0.366. The molecular formula is C25H27NO5. The molecule has 0 unspecified atom stereocenters. The van der Waals surface area contributed by atoms with Crippen molar-refractivity contribution < 1.29 is 23.9 Å². The molecule has 2 aromatic rings. The van der Waals surface area contributed by atoms with Crippen LogP contribution in [0.2, 0.25) is 0 Å². The lowest BCUT2D eigenvalue weighted by Gasteiger charge is -2.45. The average molecular weight is 421 g/mol. The van der Waals surface area contributed by atoms with Gasteiger partial charge in [-0.1, -0.05) is 55.2 Å². The maximum absolute atomic E-state index is 13.4. The van der Waals surface area contributed by atoms with E-state index in [4.69, 9.17) is 9.47 Å². The lowest BCUT2D eigenvalue weighted by molar-refractivity contribution is -0.162. The van der Waals surface area contributed by atoms with Gasteiger partial charge >= 0.3 is 11.9 Å². The Kier molecular flexibility index (Phi) is 5.81. The number of carbonyl (C=O) groups is 3. The van der Waals surface area contributed by atoms with E-state index in [0.717, 1.165) is 24.8 Å². The first-order valence-corrected chi connectivity index (χ1v) is 10.7. The number of esters is 2. The third-order valence-corrected chi connectivity index (χ3v) is 6.59. The summed E-state index contributed by atoms with van der Waals surface area (Å²) in [4.78, 5) is 39.7. The van der Waals surface area contributed by atoms with Gasteiger partial charge in [-0.2, -0.15) is 0 Å². The molecule has 1 saturated carbocycles. The molecule has 0 radical (unpaired) electrons. The van der Waals surface area contributed by atoms with Crippen LogP contribution in [0.15, 0.2) is 48.5 Å². The first-order valence-electron chi connectivity index (χ1n) is 10.7. The smallest absolute Gasteiger partial charge is 0.324 e. The molecule has 31 heavy (non-hydrogen) atoms. The minimum Gasteiger partial charge on any atom is -0.469 e. The van der Waals surface area contributed by atoms with E-state index in [1.54, 1.807) is 24.3 Å². The Bertz CT molecular complexity index is 991. The summed E-state index contributed by atoms with van der Waals surface area (Å²) in [6.45, 7) is 1.96. The topological polar surface area (TPSA) is 81.7 Å². The van der Waals surface area contributed by atoms with Crippen molar-refractivity contribution in [2.45, 2.75) is 44.9 Å². The van der Waals surface area contributed by atoms with Crippen molar-refractivity contribution in [3.8, 4) is 5.75 Å². The zero-order chi connectivity index (χ0) is 22.0. The van der Waals surface area contributed by atoms with E-state index >= 15 is 0 Å². The van der Waals surface area contributed by atoms with Crippen LogP contribution in [0.25, 0.3) is 0 Å². The van der Waals surface area contributed by atoms with Crippen LogP contribution in [-0.2, 0) is 19.1 Å². The van der Waals surface area contributed by atoms with E-state index in [1.807, 2.05) is 31.2 Å². The van der Waals surface area contributed by atoms with Crippen LogP contribution in [0.3, 0.4) is 0 Å². The predicted octanol–water partition coefficient (Wildman–Crippen LogP) is 4.38. The number of amides is 1. The highest BCUT2D eigenvalue weighted by atomic mass is 16.5. The summed E-state index contributed by atoms with van der Waals surface area (Å²) >= 11 is 0. The van der Waals surface area contributed by atoms with Crippen LogP contribution < -0.4 is 10.1 Å². The first kappa shape index (κ1) is 21.1. The Morgan fingerprint density at radius 2 is 1.71 bits per heavy atom. The highest BCUT2D eigenvalue weighted by Gasteiger charge is 2.57. The molecule has 1 aliphatic heterocycles. The molecular weight excluding hydrogens is 394 g/mol. The lowest BCUT2D eigenvalue weighted by atomic mass is 9.59. The number of ether oxygens (including phenoxy) is 2. The van der Waals surface area contributed by atoms with Crippen LogP contribution >= 0.6 is 0 Å². The van der Waals surface area contributed by atoms with E-state index in [-0.39, 0.29) is 5.97 Å². The largest absolute Gasteiger partial charge is 0.469 e. The summed E-state index contributed by atoms with van der Waals surface area (Å²) in [5, 5.41) is 2.85. The SMILES string of the molecule is COC(=O)C1([C@H]2c3ccccc3OC(=O)[C@H]2C(=O)Nc2ccc(C)cc2)CCCCC1. The molecule has 1 heterocycles. The van der Waals surface area contributed by atoms with Crippen molar-refractivity contribution in [1.82, 2.24) is 0 Å². The molecule has 0 saturated heterocycles. The molecule has 1 N–H and O–H groups in total. The van der Waals surface area contributed by atoms with E-state index < -0.39 is 29.1 Å². The monoisotopic (exact) mass is 421 g/mol. The minimum atomic E-state index is -1.14. The molecule has 1 aliphatic carbocycles. The lowest BCUT2D eigenvalue weighted by Crippen LogP contribution is -2.51. The molecule has 162 valence electrons. The molecule has 1 fully saturated rings. The Hall–Kier alpha value is -3.15. The molecule has 6 heteroatoms. The van der Waals surface area contributed by atoms with Gasteiger partial charge in [-0.3, -0.25) is 14.4 Å².